The van der Waals surface area contributed by atoms with Gasteiger partial charge in [-0.3, -0.25) is 53.3 Å². The molecule has 1 aromatic heterocycles. The molecule has 0 spiro atoms. The van der Waals surface area contributed by atoms with E-state index in [1.54, 1.807) is 41.3 Å². The van der Waals surface area contributed by atoms with Gasteiger partial charge in [0.25, 0.3) is 11.8 Å². The SMILES string of the molecule is CC(=O)c1ccc2[nH]c(C(=O)N[C@H]3CC[C@H](N(C)C)C[C@H]4CC[C@@H](C(=O)N[C@@H](CCC(N)=O)C(=O)C[C@H](C(=O)N5CCC(CCC#Cc6cccc7c6CN(C6CCC(=O)NC6=O)C7=O)CC5)C5CCCCC5)N4C3=O)cc2c1. The van der Waals surface area contributed by atoms with Crippen LogP contribution in [0.3, 0.4) is 0 Å². The van der Waals surface area contributed by atoms with Crippen molar-refractivity contribution in [1.82, 2.24) is 40.5 Å². The van der Waals surface area contributed by atoms with Crippen LogP contribution < -0.4 is 21.7 Å². The lowest BCUT2D eigenvalue weighted by Gasteiger charge is -2.39. The number of nitrogens with two attached hydrogens (primary N) is 1. The van der Waals surface area contributed by atoms with E-state index in [0.29, 0.717) is 79.6 Å². The number of benzene rings is 2. The predicted octanol–water partition coefficient (Wildman–Crippen LogP) is 4.68. The van der Waals surface area contributed by atoms with Crippen molar-refractivity contribution in [3.63, 3.8) is 0 Å². The number of amides is 8. The van der Waals surface area contributed by atoms with Crippen molar-refractivity contribution in [3.05, 3.63) is 70.4 Å². The number of hydrogen-bond donors (Lipinski definition) is 5. The lowest BCUT2D eigenvalue weighted by atomic mass is 9.76. The highest BCUT2D eigenvalue weighted by atomic mass is 16.2. The number of nitrogens with zero attached hydrogens (tertiary/aromatic N) is 4. The highest BCUT2D eigenvalue weighted by Gasteiger charge is 2.47. The number of piperidine rings is 2. The molecule has 8 amide bonds. The summed E-state index contributed by atoms with van der Waals surface area (Å²) < 4.78 is 0. The Labute approximate surface area is 461 Å². The molecule has 6 N–H and O–H groups in total. The number of aromatic nitrogens is 1. The zero-order valence-electron chi connectivity index (χ0n) is 45.7. The van der Waals surface area contributed by atoms with Crippen molar-refractivity contribution < 1.29 is 47.9 Å². The number of carbonyl (C=O) groups excluding carboxylic acids is 10. The Bertz CT molecular complexity index is 2960. The molecule has 4 saturated heterocycles. The molecule has 19 nitrogen and oxygen atoms in total. The third kappa shape index (κ3) is 13.0. The molecule has 1 saturated carbocycles. The van der Waals surface area contributed by atoms with Gasteiger partial charge in [0.2, 0.25) is 35.4 Å². The molecule has 420 valence electrons. The Morgan fingerprint density at radius 2 is 1.66 bits per heavy atom. The van der Waals surface area contributed by atoms with Gasteiger partial charge < -0.3 is 41.0 Å². The molecule has 5 fully saturated rings. The number of ketones is 2. The molecule has 19 heteroatoms. The van der Waals surface area contributed by atoms with E-state index in [2.05, 4.69) is 37.7 Å². The highest BCUT2D eigenvalue weighted by molar-refractivity contribution is 6.06. The smallest absolute Gasteiger partial charge is 0.268 e. The largest absolute Gasteiger partial charge is 0.370 e. The van der Waals surface area contributed by atoms with E-state index in [4.69, 9.17) is 5.73 Å². The van der Waals surface area contributed by atoms with Gasteiger partial charge in [0, 0.05) is 90.9 Å². The van der Waals surface area contributed by atoms with Crippen molar-refractivity contribution in [2.24, 2.45) is 23.5 Å². The summed E-state index contributed by atoms with van der Waals surface area (Å²) in [6, 6.07) is 8.16. The van der Waals surface area contributed by atoms with Gasteiger partial charge in [-0.2, -0.15) is 0 Å². The maximum atomic E-state index is 14.7. The van der Waals surface area contributed by atoms with Crippen LogP contribution in [0, 0.1) is 29.6 Å². The van der Waals surface area contributed by atoms with Crippen LogP contribution in [0.4, 0.5) is 0 Å². The average Bonchev–Trinajstić information content (AvgIpc) is 4.35. The maximum absolute atomic E-state index is 14.7. The zero-order valence-corrected chi connectivity index (χ0v) is 45.7. The lowest BCUT2D eigenvalue weighted by Crippen LogP contribution is -2.59. The summed E-state index contributed by atoms with van der Waals surface area (Å²) in [6.07, 6.45) is 10.1. The monoisotopic (exact) mass is 1080 g/mol. The van der Waals surface area contributed by atoms with E-state index in [1.165, 1.54) is 11.8 Å². The van der Waals surface area contributed by atoms with Gasteiger partial charge in [0.1, 0.15) is 23.8 Å². The molecule has 6 heterocycles. The minimum absolute atomic E-state index is 0.0232. The molecule has 6 aliphatic rings. The number of nitrogens with one attached hydrogen (secondary N) is 4. The molecule has 0 bridgehead atoms. The van der Waals surface area contributed by atoms with Gasteiger partial charge in [0.15, 0.2) is 11.6 Å². The fourth-order valence-electron chi connectivity index (χ4n) is 13.1. The van der Waals surface area contributed by atoms with Crippen LogP contribution in [0.2, 0.25) is 0 Å². The Morgan fingerprint density at radius 1 is 0.886 bits per heavy atom. The quantitative estimate of drug-likeness (QED) is 0.0704. The molecule has 7 atom stereocenters. The van der Waals surface area contributed by atoms with Crippen LogP contribution in [-0.2, 0) is 40.1 Å². The minimum atomic E-state index is -1.13. The number of aromatic amines is 1. The normalized spacial score (nSPS) is 23.7. The van der Waals surface area contributed by atoms with Gasteiger partial charge in [-0.05, 0) is 152 Å². The van der Waals surface area contributed by atoms with E-state index in [-0.39, 0.29) is 91.6 Å². The van der Waals surface area contributed by atoms with E-state index < -0.39 is 59.6 Å². The molecular weight excluding hydrogens is 1010 g/mol. The van der Waals surface area contributed by atoms with Gasteiger partial charge in [0.05, 0.1) is 6.04 Å². The third-order valence-electron chi connectivity index (χ3n) is 17.7. The third-order valence-corrected chi connectivity index (χ3v) is 17.7. The van der Waals surface area contributed by atoms with Crippen LogP contribution in [0.1, 0.15) is 171 Å². The van der Waals surface area contributed by atoms with Gasteiger partial charge >= 0.3 is 0 Å². The molecule has 1 aliphatic carbocycles. The van der Waals surface area contributed by atoms with E-state index in [9.17, 15) is 47.9 Å². The minimum Gasteiger partial charge on any atom is -0.370 e. The molecule has 79 heavy (non-hydrogen) atoms. The first kappa shape index (κ1) is 56.5. The van der Waals surface area contributed by atoms with Crippen molar-refractivity contribution in [3.8, 4) is 11.8 Å². The zero-order chi connectivity index (χ0) is 56.1. The summed E-state index contributed by atoms with van der Waals surface area (Å²) >= 11 is 0. The first-order valence-electron chi connectivity index (χ1n) is 28.5. The van der Waals surface area contributed by atoms with Crippen molar-refractivity contribution in [1.29, 1.82) is 0 Å². The summed E-state index contributed by atoms with van der Waals surface area (Å²) in [4.78, 5) is 145. The topological polar surface area (TPSA) is 262 Å². The van der Waals surface area contributed by atoms with Gasteiger partial charge in [-0.1, -0.05) is 37.2 Å². The molecule has 9 rings (SSSR count). The van der Waals surface area contributed by atoms with E-state index >= 15 is 0 Å². The standard InChI is InChI=1S/C60H75N9O10/c1-35(70)39-16-19-46-40(30-39)31-49(62-46)55(74)64-48-20-17-41(66(2)3)32-42-18-22-51(69(42)60(48)79)57(76)63-47(21-24-53(61)72)52(71)33-44(37-11-5-4-6-12-37)58(77)67-28-26-36(27-29-67)10-7-8-13-38-14-9-15-43-45(38)34-68(59(43)78)50-23-25-54(73)65-56(50)75/h9,14-16,19,30-31,36-37,41-42,44,47-48,50-51,62H,4-7,10-12,17-18,20-29,32-34H2,1-3H3,(H2,61,72)(H,63,76)(H,64,74)(H,65,73,75)/t41-,42+,44-,47-,48-,50?,51-/m0/s1. The van der Waals surface area contributed by atoms with E-state index in [0.717, 1.165) is 62.5 Å². The molecule has 2 aromatic carbocycles. The first-order chi connectivity index (χ1) is 37.9. The predicted molar refractivity (Wildman–Crippen MR) is 292 cm³/mol. The van der Waals surface area contributed by atoms with Crippen LogP contribution in [0.15, 0.2) is 42.5 Å². The van der Waals surface area contributed by atoms with Crippen LogP contribution >= 0.6 is 0 Å². The van der Waals surface area contributed by atoms with Gasteiger partial charge in [-0.25, -0.2) is 0 Å². The number of rotatable bonds is 17. The maximum Gasteiger partial charge on any atom is 0.268 e. The number of carbonyl (C=O) groups is 10. The highest BCUT2D eigenvalue weighted by Crippen LogP contribution is 2.37. The fraction of sp³-hybridized carbons (Fsp3) is 0.567. The second kappa shape index (κ2) is 24.9. The lowest BCUT2D eigenvalue weighted by molar-refractivity contribution is -0.144. The Hall–Kier alpha value is -7.20. The number of imide groups is 1. The number of primary amides is 1. The summed E-state index contributed by atoms with van der Waals surface area (Å²) in [7, 11) is 3.94. The molecule has 3 aromatic rings. The number of hydrogen-bond acceptors (Lipinski definition) is 11. The second-order valence-corrected chi connectivity index (χ2v) is 23.1. The van der Waals surface area contributed by atoms with Crippen LogP contribution in [0.25, 0.3) is 10.9 Å². The van der Waals surface area contributed by atoms with Gasteiger partial charge in [-0.15, -0.1) is 0 Å². The Morgan fingerprint density at radius 3 is 2.38 bits per heavy atom. The summed E-state index contributed by atoms with van der Waals surface area (Å²) in [5.41, 5.74) is 9.06. The number of Topliss-reactive ketones (excluding diaryl/α,β-unsaturated/α-hetero) is 2. The molecule has 1 unspecified atom stereocenters. The Balaban J connectivity index is 0.835. The fourth-order valence-corrected chi connectivity index (χ4v) is 13.1. The molecular formula is C60H75N9O10. The molecule has 0 radical (unpaired) electrons. The summed E-state index contributed by atoms with van der Waals surface area (Å²) in [5, 5.41) is 8.92. The summed E-state index contributed by atoms with van der Waals surface area (Å²) in [6.45, 7) is 2.79. The number of fused-ring (bicyclic) bond motifs is 3. The second-order valence-electron chi connectivity index (χ2n) is 23.1. The van der Waals surface area contributed by atoms with Crippen LogP contribution in [-0.4, -0.2) is 147 Å². The van der Waals surface area contributed by atoms with Crippen molar-refractivity contribution >= 4 is 69.7 Å². The Kier molecular flexibility index (Phi) is 17.8. The number of H-pyrrole nitrogens is 1. The average molecular weight is 1080 g/mol. The summed E-state index contributed by atoms with van der Waals surface area (Å²) in [5.74, 6) is 2.63. The van der Waals surface area contributed by atoms with E-state index in [1.807, 2.05) is 25.1 Å². The first-order valence-corrected chi connectivity index (χ1v) is 28.5. The molecule has 5 aliphatic heterocycles. The van der Waals surface area contributed by atoms with Crippen molar-refractivity contribution in [2.45, 2.75) is 172 Å². The van der Waals surface area contributed by atoms with Crippen molar-refractivity contribution in [2.75, 3.05) is 27.2 Å². The van der Waals surface area contributed by atoms with Crippen LogP contribution in [0.5, 0.6) is 0 Å². The number of likely N-dealkylation sites (tertiary alicyclic amines) is 1.